The van der Waals surface area contributed by atoms with Gasteiger partial charge in [0.25, 0.3) is 5.91 Å². The molecule has 0 saturated carbocycles. The van der Waals surface area contributed by atoms with E-state index in [2.05, 4.69) is 20.6 Å². The van der Waals surface area contributed by atoms with Gasteiger partial charge in [0.05, 0.1) is 22.8 Å². The fourth-order valence-corrected chi connectivity index (χ4v) is 3.06. The molecule has 0 aliphatic rings. The van der Waals surface area contributed by atoms with E-state index in [1.807, 2.05) is 37.3 Å². The summed E-state index contributed by atoms with van der Waals surface area (Å²) in [4.78, 5) is 17.5. The minimum Gasteiger partial charge on any atom is -0.296 e. The average Bonchev–Trinajstić information content (AvgIpc) is 3.30. The van der Waals surface area contributed by atoms with E-state index in [1.165, 1.54) is 11.3 Å². The van der Waals surface area contributed by atoms with Gasteiger partial charge < -0.3 is 0 Å². The second kappa shape index (κ2) is 6.40. The molecule has 8 heteroatoms. The molecule has 1 N–H and O–H groups in total. The highest BCUT2D eigenvalue weighted by Crippen LogP contribution is 2.25. The Morgan fingerprint density at radius 3 is 2.84 bits per heavy atom. The number of benzene rings is 1. The van der Waals surface area contributed by atoms with Crippen molar-refractivity contribution in [3.8, 4) is 11.3 Å². The Bertz CT molecular complexity index is 1030. The van der Waals surface area contributed by atoms with Crippen LogP contribution in [0.4, 0.5) is 5.13 Å². The molecule has 25 heavy (non-hydrogen) atoms. The molecule has 4 rings (SSSR count). The number of amides is 1. The number of aromatic nitrogens is 5. The van der Waals surface area contributed by atoms with E-state index in [0.29, 0.717) is 28.3 Å². The summed E-state index contributed by atoms with van der Waals surface area (Å²) in [7, 11) is 0. The monoisotopic (exact) mass is 350 g/mol. The molecular weight excluding hydrogens is 336 g/mol. The Morgan fingerprint density at radius 1 is 1.28 bits per heavy atom. The first-order valence-corrected chi connectivity index (χ1v) is 8.63. The van der Waals surface area contributed by atoms with Gasteiger partial charge in [0, 0.05) is 12.1 Å². The molecule has 0 fully saturated rings. The molecule has 3 heterocycles. The van der Waals surface area contributed by atoms with Gasteiger partial charge in [0.15, 0.2) is 5.65 Å². The maximum absolute atomic E-state index is 12.8. The molecule has 0 unspecified atom stereocenters. The molecule has 1 aromatic carbocycles. The number of anilines is 1. The van der Waals surface area contributed by atoms with Gasteiger partial charge in [-0.15, -0.1) is 10.2 Å². The number of carbonyl (C=O) groups is 1. The number of hydrogen-bond donors (Lipinski definition) is 1. The molecule has 0 bridgehead atoms. The summed E-state index contributed by atoms with van der Waals surface area (Å²) in [6.07, 6.45) is 1.68. The smallest absolute Gasteiger partial charge is 0.258 e. The summed E-state index contributed by atoms with van der Waals surface area (Å²) in [6.45, 7) is 2.66. The first-order valence-electron chi connectivity index (χ1n) is 7.75. The Kier molecular flexibility index (Phi) is 3.95. The van der Waals surface area contributed by atoms with Crippen molar-refractivity contribution in [1.82, 2.24) is 25.0 Å². The average molecular weight is 350 g/mol. The van der Waals surface area contributed by atoms with Crippen LogP contribution in [0.2, 0.25) is 0 Å². The fourth-order valence-electron chi connectivity index (χ4n) is 2.62. The third-order valence-electron chi connectivity index (χ3n) is 3.80. The van der Waals surface area contributed by atoms with E-state index in [4.69, 9.17) is 4.98 Å². The number of carbonyl (C=O) groups excluding carboxylic acids is 1. The number of nitrogens with zero attached hydrogens (tertiary/aromatic N) is 5. The van der Waals surface area contributed by atoms with Crippen molar-refractivity contribution >= 4 is 33.4 Å². The van der Waals surface area contributed by atoms with Gasteiger partial charge in [0.2, 0.25) is 5.13 Å². The third-order valence-corrected chi connectivity index (χ3v) is 4.41. The van der Waals surface area contributed by atoms with Gasteiger partial charge in [-0.25, -0.2) is 9.67 Å². The summed E-state index contributed by atoms with van der Waals surface area (Å²) >= 11 is 1.27. The molecule has 0 aliphatic heterocycles. The molecule has 1 amide bonds. The second-order valence-electron chi connectivity index (χ2n) is 5.32. The predicted molar refractivity (Wildman–Crippen MR) is 96.5 cm³/mol. The van der Waals surface area contributed by atoms with Crippen LogP contribution in [-0.2, 0) is 6.54 Å². The largest absolute Gasteiger partial charge is 0.296 e. The van der Waals surface area contributed by atoms with E-state index >= 15 is 0 Å². The molecule has 4 aromatic rings. The lowest BCUT2D eigenvalue weighted by molar-refractivity contribution is 0.102. The minimum absolute atomic E-state index is 0.253. The first kappa shape index (κ1) is 15.4. The van der Waals surface area contributed by atoms with E-state index in [0.717, 1.165) is 11.3 Å². The molecule has 0 spiro atoms. The van der Waals surface area contributed by atoms with Crippen molar-refractivity contribution in [2.45, 2.75) is 13.5 Å². The van der Waals surface area contributed by atoms with Crippen LogP contribution in [0.1, 0.15) is 17.3 Å². The van der Waals surface area contributed by atoms with Crippen molar-refractivity contribution in [1.29, 1.82) is 0 Å². The van der Waals surface area contributed by atoms with Gasteiger partial charge in [-0.2, -0.15) is 5.10 Å². The second-order valence-corrected chi connectivity index (χ2v) is 6.15. The van der Waals surface area contributed by atoms with Crippen LogP contribution in [0.5, 0.6) is 0 Å². The van der Waals surface area contributed by atoms with Gasteiger partial charge in [0.1, 0.15) is 5.51 Å². The van der Waals surface area contributed by atoms with E-state index in [9.17, 15) is 4.79 Å². The number of pyridine rings is 1. The Hall–Kier alpha value is -3.13. The highest BCUT2D eigenvalue weighted by Gasteiger charge is 2.18. The predicted octanol–water partition coefficient (Wildman–Crippen LogP) is 3.22. The highest BCUT2D eigenvalue weighted by molar-refractivity contribution is 7.13. The maximum atomic E-state index is 12.8. The van der Waals surface area contributed by atoms with Crippen molar-refractivity contribution in [3.63, 3.8) is 0 Å². The van der Waals surface area contributed by atoms with Crippen LogP contribution in [0.25, 0.3) is 22.3 Å². The highest BCUT2D eigenvalue weighted by atomic mass is 32.1. The number of hydrogen-bond acceptors (Lipinski definition) is 6. The lowest BCUT2D eigenvalue weighted by Crippen LogP contribution is -2.13. The molecule has 0 atom stereocenters. The quantitative estimate of drug-likeness (QED) is 0.611. The number of fused-ring (bicyclic) bond motifs is 1. The lowest BCUT2D eigenvalue weighted by Gasteiger charge is -2.08. The van der Waals surface area contributed by atoms with Crippen molar-refractivity contribution < 1.29 is 4.79 Å². The fraction of sp³-hybridized carbons (Fsp3) is 0.118. The maximum Gasteiger partial charge on any atom is 0.258 e. The molecule has 124 valence electrons. The zero-order valence-corrected chi connectivity index (χ0v) is 14.2. The molecule has 3 aromatic heterocycles. The minimum atomic E-state index is -0.253. The summed E-state index contributed by atoms with van der Waals surface area (Å²) < 4.78 is 1.78. The number of nitrogens with one attached hydrogen (secondary N) is 1. The van der Waals surface area contributed by atoms with Crippen LogP contribution < -0.4 is 5.32 Å². The number of aryl methyl sites for hydroxylation is 1. The molecule has 0 saturated heterocycles. The normalized spacial score (nSPS) is 10.9. The van der Waals surface area contributed by atoms with Crippen LogP contribution in [0, 0.1) is 0 Å². The molecule has 0 aliphatic carbocycles. The van der Waals surface area contributed by atoms with Gasteiger partial charge in [-0.1, -0.05) is 41.7 Å². The summed E-state index contributed by atoms with van der Waals surface area (Å²) in [5.41, 5.74) is 4.44. The molecule has 7 nitrogen and oxygen atoms in total. The summed E-state index contributed by atoms with van der Waals surface area (Å²) in [6, 6.07) is 11.6. The third kappa shape index (κ3) is 2.87. The van der Waals surface area contributed by atoms with E-state index < -0.39 is 0 Å². The molecular formula is C17H14N6OS. The van der Waals surface area contributed by atoms with E-state index in [1.54, 1.807) is 22.5 Å². The zero-order chi connectivity index (χ0) is 17.2. The topological polar surface area (TPSA) is 85.6 Å². The Labute approximate surface area is 147 Å². The van der Waals surface area contributed by atoms with Gasteiger partial charge >= 0.3 is 0 Å². The first-order chi connectivity index (χ1) is 12.3. The standard InChI is InChI=1S/C17H14N6OS/c1-2-23-15-13(9-19-23)12(16(24)21-17-22-18-10-25-17)8-14(20-15)11-6-4-3-5-7-11/h3-10H,2H2,1H3,(H,21,22,24). The van der Waals surface area contributed by atoms with Crippen molar-refractivity contribution in [2.75, 3.05) is 5.32 Å². The zero-order valence-electron chi connectivity index (χ0n) is 13.4. The van der Waals surface area contributed by atoms with Gasteiger partial charge in [-0.05, 0) is 13.0 Å². The Morgan fingerprint density at radius 2 is 2.12 bits per heavy atom. The molecule has 0 radical (unpaired) electrons. The van der Waals surface area contributed by atoms with Crippen LogP contribution in [0.15, 0.2) is 48.1 Å². The van der Waals surface area contributed by atoms with Crippen molar-refractivity contribution in [3.05, 3.63) is 53.7 Å². The summed E-state index contributed by atoms with van der Waals surface area (Å²) in [5, 5.41) is 15.9. The Balaban J connectivity index is 1.86. The number of rotatable bonds is 4. The van der Waals surface area contributed by atoms with Crippen molar-refractivity contribution in [2.24, 2.45) is 0 Å². The van der Waals surface area contributed by atoms with Crippen LogP contribution in [-0.4, -0.2) is 30.9 Å². The van der Waals surface area contributed by atoms with E-state index in [-0.39, 0.29) is 5.91 Å². The summed E-state index contributed by atoms with van der Waals surface area (Å²) in [5.74, 6) is -0.253. The lowest BCUT2D eigenvalue weighted by atomic mass is 10.1. The SMILES string of the molecule is CCn1ncc2c(C(=O)Nc3nncs3)cc(-c3ccccc3)nc21. The van der Waals surface area contributed by atoms with Crippen LogP contribution in [0.3, 0.4) is 0 Å². The van der Waals surface area contributed by atoms with Gasteiger partial charge in [-0.3, -0.25) is 10.1 Å². The van der Waals surface area contributed by atoms with Crippen LogP contribution >= 0.6 is 11.3 Å².